The number of hydrogen-bond donors (Lipinski definition) is 1. The van der Waals surface area contributed by atoms with E-state index in [2.05, 4.69) is 4.90 Å². The summed E-state index contributed by atoms with van der Waals surface area (Å²) < 4.78 is 16.1. The molecule has 1 fully saturated rings. The van der Waals surface area contributed by atoms with Crippen LogP contribution < -0.4 is 15.4 Å². The Labute approximate surface area is 107 Å². The van der Waals surface area contributed by atoms with Gasteiger partial charge in [0.2, 0.25) is 5.79 Å². The van der Waals surface area contributed by atoms with Crippen molar-refractivity contribution in [2.24, 2.45) is 5.73 Å². The molecule has 5 heteroatoms. The monoisotopic (exact) mass is 252 g/mol. The molecule has 0 aromatic heterocycles. The van der Waals surface area contributed by atoms with Gasteiger partial charge in [0.15, 0.2) is 0 Å². The highest BCUT2D eigenvalue weighted by molar-refractivity contribution is 5.52. The predicted molar refractivity (Wildman–Crippen MR) is 70.0 cm³/mol. The van der Waals surface area contributed by atoms with Crippen LogP contribution >= 0.6 is 0 Å². The lowest BCUT2D eigenvalue weighted by molar-refractivity contribution is -0.219. The van der Waals surface area contributed by atoms with Gasteiger partial charge in [-0.15, -0.1) is 0 Å². The van der Waals surface area contributed by atoms with E-state index in [0.29, 0.717) is 13.2 Å². The molecule has 0 atom stereocenters. The molecule has 0 radical (unpaired) electrons. The highest BCUT2D eigenvalue weighted by Gasteiger charge is 2.43. The zero-order valence-electron chi connectivity index (χ0n) is 10.9. The minimum atomic E-state index is -0.450. The number of rotatable bonds is 6. The van der Waals surface area contributed by atoms with E-state index < -0.39 is 5.79 Å². The molecule has 18 heavy (non-hydrogen) atoms. The quantitative estimate of drug-likeness (QED) is 0.760. The van der Waals surface area contributed by atoms with Gasteiger partial charge in [-0.25, -0.2) is 0 Å². The lowest BCUT2D eigenvalue weighted by Gasteiger charge is -2.48. The Morgan fingerprint density at radius 1 is 1.17 bits per heavy atom. The molecule has 0 aliphatic carbocycles. The maximum atomic E-state index is 5.43. The van der Waals surface area contributed by atoms with E-state index in [0.717, 1.165) is 24.5 Å². The molecule has 1 saturated heterocycles. The third-order valence-corrected chi connectivity index (χ3v) is 3.20. The highest BCUT2D eigenvalue weighted by atomic mass is 16.7. The van der Waals surface area contributed by atoms with Gasteiger partial charge in [0.1, 0.15) is 12.4 Å². The molecule has 2 N–H and O–H groups in total. The van der Waals surface area contributed by atoms with Crippen molar-refractivity contribution in [1.82, 2.24) is 0 Å². The van der Waals surface area contributed by atoms with Crippen LogP contribution in [-0.2, 0) is 9.47 Å². The summed E-state index contributed by atoms with van der Waals surface area (Å²) in [6.45, 7) is 2.55. The zero-order valence-corrected chi connectivity index (χ0v) is 10.9. The Morgan fingerprint density at radius 3 is 2.28 bits per heavy atom. The molecule has 1 aliphatic rings. The first-order valence-corrected chi connectivity index (χ1v) is 6.01. The van der Waals surface area contributed by atoms with Gasteiger partial charge in [-0.3, -0.25) is 0 Å². The average Bonchev–Trinajstić information content (AvgIpc) is 2.38. The van der Waals surface area contributed by atoms with Gasteiger partial charge in [-0.2, -0.15) is 0 Å². The minimum Gasteiger partial charge on any atom is -0.492 e. The van der Waals surface area contributed by atoms with E-state index in [4.69, 9.17) is 19.9 Å². The first kappa shape index (κ1) is 13.1. The highest BCUT2D eigenvalue weighted by Crippen LogP contribution is 2.31. The summed E-state index contributed by atoms with van der Waals surface area (Å²) in [5.41, 5.74) is 6.52. The Hall–Kier alpha value is -1.30. The molecule has 0 amide bonds. The lowest BCUT2D eigenvalue weighted by atomic mass is 10.1. The van der Waals surface area contributed by atoms with Crippen molar-refractivity contribution in [1.29, 1.82) is 0 Å². The number of nitrogens with zero attached hydrogens (tertiary/aromatic N) is 1. The normalized spacial score (nSPS) is 17.4. The van der Waals surface area contributed by atoms with Crippen LogP contribution in [0.25, 0.3) is 0 Å². The number of ether oxygens (including phenoxy) is 3. The Bertz CT molecular complexity index is 368. The number of anilines is 1. The van der Waals surface area contributed by atoms with Crippen LogP contribution in [0.1, 0.15) is 0 Å². The van der Waals surface area contributed by atoms with Crippen LogP contribution in [-0.4, -0.2) is 46.2 Å². The van der Waals surface area contributed by atoms with Crippen LogP contribution in [0.2, 0.25) is 0 Å². The van der Waals surface area contributed by atoms with Crippen molar-refractivity contribution in [3.8, 4) is 5.75 Å². The molecule has 2 rings (SSSR count). The van der Waals surface area contributed by atoms with E-state index in [1.807, 2.05) is 24.3 Å². The first-order chi connectivity index (χ1) is 8.73. The van der Waals surface area contributed by atoms with Crippen molar-refractivity contribution in [3.05, 3.63) is 24.3 Å². The fourth-order valence-corrected chi connectivity index (χ4v) is 1.99. The Kier molecular flexibility index (Phi) is 4.06. The van der Waals surface area contributed by atoms with Crippen molar-refractivity contribution in [2.45, 2.75) is 5.79 Å². The van der Waals surface area contributed by atoms with Gasteiger partial charge in [0.25, 0.3) is 0 Å². The molecule has 0 saturated carbocycles. The molecule has 0 spiro atoms. The van der Waals surface area contributed by atoms with Crippen LogP contribution in [0.5, 0.6) is 5.75 Å². The SMILES string of the molecule is COC1(OC)CN(c2ccc(OCCN)cc2)C1. The largest absolute Gasteiger partial charge is 0.492 e. The maximum absolute atomic E-state index is 5.43. The van der Waals surface area contributed by atoms with Crippen molar-refractivity contribution in [3.63, 3.8) is 0 Å². The van der Waals surface area contributed by atoms with Gasteiger partial charge in [-0.05, 0) is 24.3 Å². The molecule has 100 valence electrons. The molecular formula is C13H20N2O3. The summed E-state index contributed by atoms with van der Waals surface area (Å²) in [4.78, 5) is 2.19. The number of hydrogen-bond acceptors (Lipinski definition) is 5. The average molecular weight is 252 g/mol. The van der Waals surface area contributed by atoms with Gasteiger partial charge in [0, 0.05) is 26.5 Å². The summed E-state index contributed by atoms with van der Waals surface area (Å²) in [7, 11) is 3.34. The van der Waals surface area contributed by atoms with Gasteiger partial charge in [-0.1, -0.05) is 0 Å². The second-order valence-electron chi connectivity index (χ2n) is 4.31. The topological polar surface area (TPSA) is 57.0 Å². The maximum Gasteiger partial charge on any atom is 0.203 e. The Balaban J connectivity index is 1.92. The van der Waals surface area contributed by atoms with E-state index in [9.17, 15) is 0 Å². The molecule has 1 aromatic rings. The number of methoxy groups -OCH3 is 2. The van der Waals surface area contributed by atoms with E-state index in [1.54, 1.807) is 14.2 Å². The predicted octanol–water partition coefficient (Wildman–Crippen LogP) is 0.833. The van der Waals surface area contributed by atoms with E-state index in [-0.39, 0.29) is 0 Å². The zero-order chi connectivity index (χ0) is 13.0. The third-order valence-electron chi connectivity index (χ3n) is 3.20. The van der Waals surface area contributed by atoms with Crippen LogP contribution in [0, 0.1) is 0 Å². The number of nitrogens with two attached hydrogens (primary N) is 1. The summed E-state index contributed by atoms with van der Waals surface area (Å²) in [6.07, 6.45) is 0. The van der Waals surface area contributed by atoms with Crippen molar-refractivity contribution < 1.29 is 14.2 Å². The molecule has 5 nitrogen and oxygen atoms in total. The van der Waals surface area contributed by atoms with Gasteiger partial charge in [0.05, 0.1) is 13.1 Å². The van der Waals surface area contributed by atoms with Crippen molar-refractivity contribution >= 4 is 5.69 Å². The second-order valence-corrected chi connectivity index (χ2v) is 4.31. The van der Waals surface area contributed by atoms with Crippen LogP contribution in [0.3, 0.4) is 0 Å². The first-order valence-electron chi connectivity index (χ1n) is 6.01. The van der Waals surface area contributed by atoms with Gasteiger partial charge < -0.3 is 24.8 Å². The molecule has 1 aliphatic heterocycles. The lowest BCUT2D eigenvalue weighted by Crippen LogP contribution is -2.64. The molecular weight excluding hydrogens is 232 g/mol. The third kappa shape index (κ3) is 2.58. The Morgan fingerprint density at radius 2 is 1.78 bits per heavy atom. The fraction of sp³-hybridized carbons (Fsp3) is 0.538. The summed E-state index contributed by atoms with van der Waals surface area (Å²) in [5, 5.41) is 0. The van der Waals surface area contributed by atoms with Crippen LogP contribution in [0.4, 0.5) is 5.69 Å². The summed E-state index contributed by atoms with van der Waals surface area (Å²) in [5.74, 6) is 0.392. The summed E-state index contributed by atoms with van der Waals surface area (Å²) in [6, 6.07) is 7.96. The van der Waals surface area contributed by atoms with E-state index >= 15 is 0 Å². The van der Waals surface area contributed by atoms with Gasteiger partial charge >= 0.3 is 0 Å². The van der Waals surface area contributed by atoms with Crippen molar-refractivity contribution in [2.75, 3.05) is 45.4 Å². The van der Waals surface area contributed by atoms with E-state index in [1.165, 1.54) is 0 Å². The molecule has 1 heterocycles. The standard InChI is InChI=1S/C13H20N2O3/c1-16-13(17-2)9-15(10-13)11-3-5-12(6-4-11)18-8-7-14/h3-6H,7-10,14H2,1-2H3. The van der Waals surface area contributed by atoms with Crippen LogP contribution in [0.15, 0.2) is 24.3 Å². The fourth-order valence-electron chi connectivity index (χ4n) is 1.99. The smallest absolute Gasteiger partial charge is 0.203 e. The summed E-state index contributed by atoms with van der Waals surface area (Å²) >= 11 is 0. The molecule has 0 bridgehead atoms. The molecule has 0 unspecified atom stereocenters. The minimum absolute atomic E-state index is 0.450. The molecule has 1 aromatic carbocycles. The second kappa shape index (κ2) is 5.56. The number of benzene rings is 1.